The van der Waals surface area contributed by atoms with E-state index in [1.54, 1.807) is 0 Å². The van der Waals surface area contributed by atoms with Gasteiger partial charge in [0.25, 0.3) is 0 Å². The Morgan fingerprint density at radius 2 is 2.20 bits per heavy atom. The molecule has 1 unspecified atom stereocenters. The van der Waals surface area contributed by atoms with E-state index in [-0.39, 0.29) is 28.9 Å². The summed E-state index contributed by atoms with van der Waals surface area (Å²) in [6.45, 7) is 0.0580. The molecule has 0 radical (unpaired) electrons. The predicted molar refractivity (Wildman–Crippen MR) is 73.8 cm³/mol. The van der Waals surface area contributed by atoms with Crippen LogP contribution in [0.3, 0.4) is 0 Å². The van der Waals surface area contributed by atoms with Gasteiger partial charge in [-0.2, -0.15) is 0 Å². The van der Waals surface area contributed by atoms with Crippen molar-refractivity contribution in [2.75, 3.05) is 18.6 Å². The summed E-state index contributed by atoms with van der Waals surface area (Å²) < 4.78 is 38.8. The van der Waals surface area contributed by atoms with E-state index in [4.69, 9.17) is 5.11 Å². The Hall–Kier alpha value is -1.19. The van der Waals surface area contributed by atoms with Crippen molar-refractivity contribution in [3.63, 3.8) is 0 Å². The standard InChI is InChI=1S/C11H16N2O5S2/c1-19(16)5-4-12-20(17,18)9-6-10(11(14)15)13(7-9)8-2-3-8/h6-8,12H,2-5H2,1H3,(H,14,15). The summed E-state index contributed by atoms with van der Waals surface area (Å²) in [7, 11) is -4.85. The first-order valence-electron chi connectivity index (χ1n) is 6.06. The van der Waals surface area contributed by atoms with Gasteiger partial charge in [0.05, 0.1) is 0 Å². The topological polar surface area (TPSA) is 105 Å². The second kappa shape index (κ2) is 5.66. The fourth-order valence-electron chi connectivity index (χ4n) is 1.83. The molecular weight excluding hydrogens is 304 g/mol. The van der Waals surface area contributed by atoms with E-state index < -0.39 is 26.8 Å². The van der Waals surface area contributed by atoms with E-state index in [9.17, 15) is 17.4 Å². The Bertz CT molecular complexity index is 646. The summed E-state index contributed by atoms with van der Waals surface area (Å²) in [6, 6.07) is 1.24. The Balaban J connectivity index is 2.21. The molecule has 0 aliphatic heterocycles. The number of rotatable bonds is 7. The first-order chi connectivity index (χ1) is 9.31. The number of carboxylic acids is 1. The summed E-state index contributed by atoms with van der Waals surface area (Å²) in [4.78, 5) is 11.1. The van der Waals surface area contributed by atoms with Gasteiger partial charge in [-0.1, -0.05) is 0 Å². The number of sulfonamides is 1. The zero-order valence-electron chi connectivity index (χ0n) is 10.9. The molecule has 1 aliphatic rings. The zero-order chi connectivity index (χ0) is 14.9. The van der Waals surface area contributed by atoms with Crippen molar-refractivity contribution in [2.24, 2.45) is 0 Å². The van der Waals surface area contributed by atoms with Gasteiger partial charge < -0.3 is 9.67 Å². The van der Waals surface area contributed by atoms with Crippen LogP contribution in [0.25, 0.3) is 0 Å². The molecule has 1 aliphatic carbocycles. The van der Waals surface area contributed by atoms with Crippen LogP contribution in [-0.4, -0.2) is 46.8 Å². The Kier molecular flexibility index (Phi) is 4.31. The van der Waals surface area contributed by atoms with Crippen LogP contribution in [0.4, 0.5) is 0 Å². The number of hydrogen-bond donors (Lipinski definition) is 2. The van der Waals surface area contributed by atoms with E-state index >= 15 is 0 Å². The minimum Gasteiger partial charge on any atom is -0.477 e. The first kappa shape index (κ1) is 15.2. The number of aromatic nitrogens is 1. The second-order valence-electron chi connectivity index (χ2n) is 4.68. The highest BCUT2D eigenvalue weighted by atomic mass is 32.2. The third kappa shape index (κ3) is 3.47. The molecule has 1 aromatic rings. The van der Waals surface area contributed by atoms with Crippen LogP contribution >= 0.6 is 0 Å². The molecule has 2 rings (SSSR count). The highest BCUT2D eigenvalue weighted by Gasteiger charge is 2.30. The molecule has 0 bridgehead atoms. The summed E-state index contributed by atoms with van der Waals surface area (Å²) >= 11 is 0. The summed E-state index contributed by atoms with van der Waals surface area (Å²) in [6.07, 6.45) is 4.56. The summed E-state index contributed by atoms with van der Waals surface area (Å²) in [5, 5.41) is 9.09. The van der Waals surface area contributed by atoms with Crippen molar-refractivity contribution < 1.29 is 22.5 Å². The monoisotopic (exact) mass is 320 g/mol. The molecule has 20 heavy (non-hydrogen) atoms. The fraction of sp³-hybridized carbons (Fsp3) is 0.545. The van der Waals surface area contributed by atoms with E-state index in [2.05, 4.69) is 4.72 Å². The molecular formula is C11H16N2O5S2. The lowest BCUT2D eigenvalue weighted by atomic mass is 10.4. The van der Waals surface area contributed by atoms with Gasteiger partial charge in [-0.15, -0.1) is 0 Å². The van der Waals surface area contributed by atoms with Crippen molar-refractivity contribution in [3.8, 4) is 0 Å². The number of carbonyl (C=O) groups is 1. The minimum atomic E-state index is -3.77. The molecule has 2 N–H and O–H groups in total. The molecule has 0 saturated heterocycles. The van der Waals surface area contributed by atoms with Crippen LogP contribution < -0.4 is 4.72 Å². The minimum absolute atomic E-state index is 0.0213. The number of hydrogen-bond acceptors (Lipinski definition) is 4. The van der Waals surface area contributed by atoms with Gasteiger partial charge in [0.15, 0.2) is 0 Å². The van der Waals surface area contributed by atoms with Crippen molar-refractivity contribution in [3.05, 3.63) is 18.0 Å². The van der Waals surface area contributed by atoms with Crippen LogP contribution in [0.5, 0.6) is 0 Å². The average Bonchev–Trinajstić information content (AvgIpc) is 3.06. The normalized spacial score (nSPS) is 17.1. The van der Waals surface area contributed by atoms with E-state index in [0.717, 1.165) is 18.9 Å². The summed E-state index contributed by atoms with van der Waals surface area (Å²) in [5.41, 5.74) is -0.0213. The van der Waals surface area contributed by atoms with E-state index in [0.29, 0.717) is 0 Å². The lowest BCUT2D eigenvalue weighted by molar-refractivity contribution is 0.0685. The molecule has 1 saturated carbocycles. The molecule has 9 heteroatoms. The number of carboxylic acid groups (broad SMARTS) is 1. The second-order valence-corrected chi connectivity index (χ2v) is 8.00. The van der Waals surface area contributed by atoms with Gasteiger partial charge in [0.1, 0.15) is 10.6 Å². The molecule has 0 aromatic carbocycles. The lowest BCUT2D eigenvalue weighted by Crippen LogP contribution is -2.27. The number of aromatic carboxylic acids is 1. The van der Waals surface area contributed by atoms with Crippen LogP contribution in [0.15, 0.2) is 17.2 Å². The maximum Gasteiger partial charge on any atom is 0.352 e. The van der Waals surface area contributed by atoms with Crippen LogP contribution in [-0.2, 0) is 20.8 Å². The van der Waals surface area contributed by atoms with Crippen molar-refractivity contribution in [1.29, 1.82) is 0 Å². The SMILES string of the molecule is CS(=O)CCNS(=O)(=O)c1cc(C(=O)O)n(C2CC2)c1. The fourth-order valence-corrected chi connectivity index (χ4v) is 3.41. The molecule has 1 aromatic heterocycles. The van der Waals surface area contributed by atoms with Gasteiger partial charge in [0, 0.05) is 41.6 Å². The third-order valence-corrected chi connectivity index (χ3v) is 5.18. The van der Waals surface area contributed by atoms with Gasteiger partial charge in [-0.25, -0.2) is 17.9 Å². The smallest absolute Gasteiger partial charge is 0.352 e. The Morgan fingerprint density at radius 3 is 2.70 bits per heavy atom. The Labute approximate surface area is 119 Å². The van der Waals surface area contributed by atoms with Crippen LogP contribution in [0.2, 0.25) is 0 Å². The molecule has 0 amide bonds. The highest BCUT2D eigenvalue weighted by Crippen LogP contribution is 2.37. The quantitative estimate of drug-likeness (QED) is 0.745. The molecule has 112 valence electrons. The van der Waals surface area contributed by atoms with Gasteiger partial charge >= 0.3 is 5.97 Å². The largest absolute Gasteiger partial charge is 0.477 e. The lowest BCUT2D eigenvalue weighted by Gasteiger charge is -2.03. The zero-order valence-corrected chi connectivity index (χ0v) is 12.5. The third-order valence-electron chi connectivity index (χ3n) is 2.97. The molecule has 1 fully saturated rings. The number of nitrogens with zero attached hydrogens (tertiary/aromatic N) is 1. The van der Waals surface area contributed by atoms with Crippen LogP contribution in [0.1, 0.15) is 29.4 Å². The van der Waals surface area contributed by atoms with Crippen molar-refractivity contribution in [2.45, 2.75) is 23.8 Å². The predicted octanol–water partition coefficient (Wildman–Crippen LogP) is 0.178. The van der Waals surface area contributed by atoms with E-state index in [1.807, 2.05) is 0 Å². The number of nitrogens with one attached hydrogen (secondary N) is 1. The van der Waals surface area contributed by atoms with Gasteiger partial charge in [0.2, 0.25) is 10.0 Å². The van der Waals surface area contributed by atoms with Crippen LogP contribution in [0, 0.1) is 0 Å². The molecule has 0 spiro atoms. The maximum absolute atomic E-state index is 12.0. The highest BCUT2D eigenvalue weighted by molar-refractivity contribution is 7.89. The molecule has 7 nitrogen and oxygen atoms in total. The summed E-state index contributed by atoms with van der Waals surface area (Å²) in [5.74, 6) is -0.929. The molecule has 1 atom stereocenters. The van der Waals surface area contributed by atoms with Gasteiger partial charge in [-0.3, -0.25) is 4.21 Å². The van der Waals surface area contributed by atoms with E-state index in [1.165, 1.54) is 17.0 Å². The van der Waals surface area contributed by atoms with Crippen molar-refractivity contribution >= 4 is 26.8 Å². The Morgan fingerprint density at radius 1 is 1.55 bits per heavy atom. The average molecular weight is 320 g/mol. The molecule has 1 heterocycles. The van der Waals surface area contributed by atoms with Crippen molar-refractivity contribution in [1.82, 2.24) is 9.29 Å². The maximum atomic E-state index is 12.0. The first-order valence-corrected chi connectivity index (χ1v) is 9.27. The van der Waals surface area contributed by atoms with Gasteiger partial charge in [-0.05, 0) is 18.9 Å².